The maximum Gasteiger partial charge on any atom is 0.255 e. The lowest BCUT2D eigenvalue weighted by atomic mass is 10.1. The minimum Gasteiger partial charge on any atom is -0.321 e. The Balaban J connectivity index is 1.92. The first-order valence-electron chi connectivity index (χ1n) is 7.87. The molecule has 1 heterocycles. The van der Waals surface area contributed by atoms with E-state index in [-0.39, 0.29) is 5.91 Å². The highest BCUT2D eigenvalue weighted by atomic mass is 16.1. The third-order valence-corrected chi connectivity index (χ3v) is 4.05. The van der Waals surface area contributed by atoms with E-state index in [0.29, 0.717) is 5.56 Å². The van der Waals surface area contributed by atoms with Crippen LogP contribution < -0.4 is 5.32 Å². The van der Waals surface area contributed by atoms with Gasteiger partial charge in [-0.05, 0) is 49.6 Å². The smallest absolute Gasteiger partial charge is 0.255 e. The summed E-state index contributed by atoms with van der Waals surface area (Å²) in [5.41, 5.74) is 5.37. The lowest BCUT2D eigenvalue weighted by molar-refractivity contribution is 0.102. The first-order valence-corrected chi connectivity index (χ1v) is 7.87. The molecule has 0 fully saturated rings. The molecule has 1 aromatic heterocycles. The molecule has 0 atom stereocenters. The molecule has 0 radical (unpaired) electrons. The lowest BCUT2D eigenvalue weighted by Crippen LogP contribution is -2.14. The van der Waals surface area contributed by atoms with Crippen molar-refractivity contribution in [2.45, 2.75) is 33.7 Å². The van der Waals surface area contributed by atoms with Crippen molar-refractivity contribution in [1.82, 2.24) is 15.0 Å². The highest BCUT2D eigenvalue weighted by molar-refractivity contribution is 6.06. The molecular weight excluding hydrogens is 288 g/mol. The number of anilines is 1. The molecule has 0 bridgehead atoms. The number of aromatic nitrogens is 3. The summed E-state index contributed by atoms with van der Waals surface area (Å²) < 4.78 is 1.81. The summed E-state index contributed by atoms with van der Waals surface area (Å²) >= 11 is 0. The number of hydrogen-bond acceptors (Lipinski definition) is 3. The third-order valence-electron chi connectivity index (χ3n) is 4.05. The Morgan fingerprint density at radius 3 is 2.78 bits per heavy atom. The van der Waals surface area contributed by atoms with Gasteiger partial charge in [0.15, 0.2) is 0 Å². The molecule has 0 aliphatic rings. The van der Waals surface area contributed by atoms with Gasteiger partial charge in [0.2, 0.25) is 0 Å². The van der Waals surface area contributed by atoms with Crippen LogP contribution in [0.4, 0.5) is 5.69 Å². The molecule has 3 aromatic rings. The van der Waals surface area contributed by atoms with Crippen LogP contribution in [0.15, 0.2) is 36.4 Å². The van der Waals surface area contributed by atoms with Gasteiger partial charge in [0.05, 0.1) is 5.52 Å². The Kier molecular flexibility index (Phi) is 4.10. The number of carbonyl (C=O) groups excluding carboxylic acids is 1. The minimum absolute atomic E-state index is 0.123. The van der Waals surface area contributed by atoms with Crippen LogP contribution in [0.3, 0.4) is 0 Å². The SMILES string of the molecule is CCc1cccc(C)c1NC(=O)c1ccc2c(c1)nnn2CC. The largest absolute Gasteiger partial charge is 0.321 e. The zero-order valence-electron chi connectivity index (χ0n) is 13.6. The quantitative estimate of drug-likeness (QED) is 0.801. The second-order valence-electron chi connectivity index (χ2n) is 5.53. The molecule has 2 aromatic carbocycles. The molecule has 5 nitrogen and oxygen atoms in total. The molecule has 0 unspecified atom stereocenters. The summed E-state index contributed by atoms with van der Waals surface area (Å²) in [5.74, 6) is -0.123. The second-order valence-corrected chi connectivity index (χ2v) is 5.53. The second kappa shape index (κ2) is 6.20. The number of nitrogens with one attached hydrogen (secondary N) is 1. The Morgan fingerprint density at radius 1 is 1.22 bits per heavy atom. The maximum absolute atomic E-state index is 12.6. The van der Waals surface area contributed by atoms with Crippen LogP contribution >= 0.6 is 0 Å². The number of carbonyl (C=O) groups is 1. The molecule has 1 amide bonds. The Labute approximate surface area is 135 Å². The minimum atomic E-state index is -0.123. The summed E-state index contributed by atoms with van der Waals surface area (Å²) in [6.07, 6.45) is 0.876. The molecule has 0 spiro atoms. The van der Waals surface area contributed by atoms with E-state index in [4.69, 9.17) is 0 Å². The fourth-order valence-electron chi connectivity index (χ4n) is 2.73. The number of aryl methyl sites for hydroxylation is 3. The first kappa shape index (κ1) is 15.2. The zero-order valence-corrected chi connectivity index (χ0v) is 13.6. The highest BCUT2D eigenvalue weighted by Gasteiger charge is 2.12. The van der Waals surface area contributed by atoms with Crippen molar-refractivity contribution in [3.05, 3.63) is 53.1 Å². The molecule has 0 aliphatic carbocycles. The van der Waals surface area contributed by atoms with Gasteiger partial charge in [-0.2, -0.15) is 0 Å². The standard InChI is InChI=1S/C18H20N4O/c1-4-13-8-6-7-12(3)17(13)19-18(23)14-9-10-16-15(11-14)20-21-22(16)5-2/h6-11H,4-5H2,1-3H3,(H,19,23). The third kappa shape index (κ3) is 2.82. The average Bonchev–Trinajstić information content (AvgIpc) is 2.98. The molecule has 1 N–H and O–H groups in total. The predicted octanol–water partition coefficient (Wildman–Crippen LogP) is 3.57. The first-order chi connectivity index (χ1) is 11.1. The van der Waals surface area contributed by atoms with Crippen molar-refractivity contribution in [3.8, 4) is 0 Å². The molecular formula is C18H20N4O. The van der Waals surface area contributed by atoms with Crippen LogP contribution in [0.1, 0.15) is 35.3 Å². The number of benzene rings is 2. The van der Waals surface area contributed by atoms with Crippen LogP contribution in [-0.4, -0.2) is 20.9 Å². The van der Waals surface area contributed by atoms with Gasteiger partial charge in [-0.1, -0.05) is 30.3 Å². The van der Waals surface area contributed by atoms with Gasteiger partial charge in [-0.25, -0.2) is 4.68 Å². The van der Waals surface area contributed by atoms with Gasteiger partial charge in [0.1, 0.15) is 5.52 Å². The Bertz CT molecular complexity index is 867. The van der Waals surface area contributed by atoms with Crippen molar-refractivity contribution >= 4 is 22.6 Å². The lowest BCUT2D eigenvalue weighted by Gasteiger charge is -2.13. The summed E-state index contributed by atoms with van der Waals surface area (Å²) in [6.45, 7) is 6.86. The zero-order chi connectivity index (χ0) is 16.4. The van der Waals surface area contributed by atoms with Crippen LogP contribution in [-0.2, 0) is 13.0 Å². The average molecular weight is 308 g/mol. The van der Waals surface area contributed by atoms with Crippen molar-refractivity contribution in [2.75, 3.05) is 5.32 Å². The maximum atomic E-state index is 12.6. The molecule has 0 saturated carbocycles. The van der Waals surface area contributed by atoms with E-state index in [1.807, 2.05) is 48.9 Å². The van der Waals surface area contributed by atoms with Crippen LogP contribution in [0.25, 0.3) is 11.0 Å². The molecule has 5 heteroatoms. The highest BCUT2D eigenvalue weighted by Crippen LogP contribution is 2.22. The number of nitrogens with zero attached hydrogens (tertiary/aromatic N) is 3. The van der Waals surface area contributed by atoms with E-state index in [0.717, 1.165) is 40.8 Å². The summed E-state index contributed by atoms with van der Waals surface area (Å²) in [6, 6.07) is 11.6. The van der Waals surface area contributed by atoms with Crippen LogP contribution in [0, 0.1) is 6.92 Å². The summed E-state index contributed by atoms with van der Waals surface area (Å²) in [4.78, 5) is 12.6. The van der Waals surface area contributed by atoms with Gasteiger partial charge >= 0.3 is 0 Å². The number of rotatable bonds is 4. The normalized spacial score (nSPS) is 10.9. The molecule has 118 valence electrons. The van der Waals surface area contributed by atoms with Gasteiger partial charge < -0.3 is 5.32 Å². The van der Waals surface area contributed by atoms with Crippen LogP contribution in [0.5, 0.6) is 0 Å². The van der Waals surface area contributed by atoms with Gasteiger partial charge in [-0.15, -0.1) is 5.10 Å². The Morgan fingerprint density at radius 2 is 2.04 bits per heavy atom. The fourth-order valence-corrected chi connectivity index (χ4v) is 2.73. The van der Waals surface area contributed by atoms with Crippen molar-refractivity contribution in [1.29, 1.82) is 0 Å². The van der Waals surface area contributed by atoms with Gasteiger partial charge in [0.25, 0.3) is 5.91 Å². The fraction of sp³-hybridized carbons (Fsp3) is 0.278. The van der Waals surface area contributed by atoms with Crippen molar-refractivity contribution in [2.24, 2.45) is 0 Å². The predicted molar refractivity (Wildman–Crippen MR) is 91.7 cm³/mol. The number of fused-ring (bicyclic) bond motifs is 1. The van der Waals surface area contributed by atoms with Gasteiger partial charge in [0, 0.05) is 17.8 Å². The topological polar surface area (TPSA) is 59.8 Å². The number of para-hydroxylation sites is 1. The molecule has 0 saturated heterocycles. The van der Waals surface area contributed by atoms with E-state index < -0.39 is 0 Å². The summed E-state index contributed by atoms with van der Waals surface area (Å²) in [5, 5.41) is 11.2. The van der Waals surface area contributed by atoms with Crippen molar-refractivity contribution < 1.29 is 4.79 Å². The molecule has 3 rings (SSSR count). The van der Waals surface area contributed by atoms with E-state index in [1.165, 1.54) is 0 Å². The molecule has 23 heavy (non-hydrogen) atoms. The van der Waals surface area contributed by atoms with E-state index in [1.54, 1.807) is 6.07 Å². The van der Waals surface area contributed by atoms with E-state index >= 15 is 0 Å². The van der Waals surface area contributed by atoms with Crippen LogP contribution in [0.2, 0.25) is 0 Å². The summed E-state index contributed by atoms with van der Waals surface area (Å²) in [7, 11) is 0. The van der Waals surface area contributed by atoms with Crippen molar-refractivity contribution in [3.63, 3.8) is 0 Å². The number of amides is 1. The number of hydrogen-bond donors (Lipinski definition) is 1. The van der Waals surface area contributed by atoms with E-state index in [9.17, 15) is 4.79 Å². The Hall–Kier alpha value is -2.69. The molecule has 0 aliphatic heterocycles. The monoisotopic (exact) mass is 308 g/mol. The van der Waals surface area contributed by atoms with Gasteiger partial charge in [-0.3, -0.25) is 4.79 Å². The van der Waals surface area contributed by atoms with E-state index in [2.05, 4.69) is 22.6 Å².